The molecule has 1 heterocycles. The van der Waals surface area contributed by atoms with Gasteiger partial charge in [0.15, 0.2) is 21.4 Å². The molecule has 0 saturated carbocycles. The summed E-state index contributed by atoms with van der Waals surface area (Å²) in [5.41, 5.74) is 1.04. The Bertz CT molecular complexity index is 1070. The van der Waals surface area contributed by atoms with Gasteiger partial charge in [0.05, 0.1) is 4.90 Å². The molecule has 0 fully saturated rings. The highest BCUT2D eigenvalue weighted by atomic mass is 32.2. The Kier molecular flexibility index (Phi) is 5.23. The predicted octanol–water partition coefficient (Wildman–Crippen LogP) is 3.71. The molecule has 0 saturated heterocycles. The first-order valence-corrected chi connectivity index (χ1v) is 9.79. The number of carbonyl (C=O) groups excluding carboxylic acids is 2. The van der Waals surface area contributed by atoms with Gasteiger partial charge in [-0.1, -0.05) is 18.2 Å². The molecule has 0 bridgehead atoms. The van der Waals surface area contributed by atoms with Crippen molar-refractivity contribution in [3.8, 4) is 0 Å². The molecule has 0 radical (unpaired) electrons. The van der Waals surface area contributed by atoms with Crippen molar-refractivity contribution in [1.82, 2.24) is 0 Å². The number of anilines is 1. The molecule has 27 heavy (non-hydrogen) atoms. The van der Waals surface area contributed by atoms with Crippen molar-refractivity contribution in [3.05, 3.63) is 83.8 Å². The fourth-order valence-corrected chi connectivity index (χ4v) is 3.73. The average molecular weight is 383 g/mol. The molecule has 3 aromatic rings. The normalized spacial score (nSPS) is 11.1. The lowest BCUT2D eigenvalue weighted by Gasteiger charge is -2.04. The monoisotopic (exact) mass is 383 g/mol. The molecule has 2 aromatic carbocycles. The molecule has 0 aliphatic rings. The van der Waals surface area contributed by atoms with Crippen molar-refractivity contribution in [1.29, 1.82) is 0 Å². The minimum absolute atomic E-state index is 0.00362. The third-order valence-corrected chi connectivity index (χ3v) is 5.52. The number of hydrogen-bond donors (Lipinski definition) is 1. The summed E-state index contributed by atoms with van der Waals surface area (Å²) >= 11 is 0. The van der Waals surface area contributed by atoms with E-state index in [1.807, 2.05) is 0 Å². The maximum atomic E-state index is 12.4. The summed E-state index contributed by atoms with van der Waals surface area (Å²) in [5.74, 6) is -0.727. The quantitative estimate of drug-likeness (QED) is 0.655. The molecular weight excluding hydrogens is 366 g/mol. The second-order valence-corrected chi connectivity index (χ2v) is 7.92. The Morgan fingerprint density at radius 2 is 1.59 bits per heavy atom. The topological polar surface area (TPSA) is 93.5 Å². The van der Waals surface area contributed by atoms with Crippen molar-refractivity contribution in [2.75, 3.05) is 5.32 Å². The van der Waals surface area contributed by atoms with Crippen LogP contribution in [0.2, 0.25) is 0 Å². The van der Waals surface area contributed by atoms with E-state index >= 15 is 0 Å². The second-order valence-electron chi connectivity index (χ2n) is 5.93. The van der Waals surface area contributed by atoms with Crippen LogP contribution in [0.25, 0.3) is 0 Å². The summed E-state index contributed by atoms with van der Waals surface area (Å²) in [5, 5.41) is 2.64. The number of Topliss-reactive ketones (excluding diaryl/α,β-unsaturated/α-hetero) is 1. The van der Waals surface area contributed by atoms with Gasteiger partial charge < -0.3 is 9.73 Å². The van der Waals surface area contributed by atoms with E-state index in [1.165, 1.54) is 31.2 Å². The van der Waals surface area contributed by atoms with Crippen LogP contribution in [0.5, 0.6) is 0 Å². The van der Waals surface area contributed by atoms with Crippen LogP contribution in [0, 0.1) is 0 Å². The Hall–Kier alpha value is -3.19. The summed E-state index contributed by atoms with van der Waals surface area (Å²) < 4.78 is 30.1. The average Bonchev–Trinajstić information content (AvgIpc) is 3.11. The van der Waals surface area contributed by atoms with E-state index in [4.69, 9.17) is 4.42 Å². The number of sulfone groups is 1. The summed E-state index contributed by atoms with van der Waals surface area (Å²) in [6.45, 7) is 1.46. The number of amides is 1. The molecule has 0 aliphatic heterocycles. The molecule has 0 aliphatic carbocycles. The highest BCUT2D eigenvalue weighted by molar-refractivity contribution is 7.90. The fourth-order valence-electron chi connectivity index (χ4n) is 2.46. The Morgan fingerprint density at radius 1 is 0.926 bits per heavy atom. The molecule has 6 nitrogen and oxygen atoms in total. The van der Waals surface area contributed by atoms with Crippen LogP contribution in [0.15, 0.2) is 76.0 Å². The van der Waals surface area contributed by atoms with Crippen molar-refractivity contribution < 1.29 is 22.4 Å². The smallest absolute Gasteiger partial charge is 0.291 e. The van der Waals surface area contributed by atoms with Crippen molar-refractivity contribution >= 4 is 27.2 Å². The zero-order chi connectivity index (χ0) is 19.4. The Labute approximate surface area is 156 Å². The molecule has 3 rings (SSSR count). The van der Waals surface area contributed by atoms with Gasteiger partial charge in [-0.2, -0.15) is 0 Å². The lowest BCUT2D eigenvalue weighted by molar-refractivity contribution is 0.0993. The first-order valence-electron chi connectivity index (χ1n) is 8.14. The van der Waals surface area contributed by atoms with Gasteiger partial charge in [0.1, 0.15) is 11.5 Å². The lowest BCUT2D eigenvalue weighted by atomic mass is 10.1. The molecule has 1 N–H and O–H groups in total. The van der Waals surface area contributed by atoms with Gasteiger partial charge in [-0.25, -0.2) is 8.42 Å². The van der Waals surface area contributed by atoms with E-state index < -0.39 is 15.7 Å². The molecule has 1 amide bonds. The van der Waals surface area contributed by atoms with Gasteiger partial charge in [-0.15, -0.1) is 0 Å². The first-order chi connectivity index (χ1) is 12.8. The van der Waals surface area contributed by atoms with Crippen molar-refractivity contribution in [3.63, 3.8) is 0 Å². The van der Waals surface area contributed by atoms with E-state index in [-0.39, 0.29) is 28.0 Å². The minimum atomic E-state index is -3.55. The highest BCUT2D eigenvalue weighted by Crippen LogP contribution is 2.19. The van der Waals surface area contributed by atoms with E-state index in [9.17, 15) is 18.0 Å². The van der Waals surface area contributed by atoms with Crippen LogP contribution in [0.1, 0.15) is 33.6 Å². The third kappa shape index (κ3) is 4.51. The van der Waals surface area contributed by atoms with E-state index in [1.54, 1.807) is 42.5 Å². The van der Waals surface area contributed by atoms with Crippen molar-refractivity contribution in [2.24, 2.45) is 0 Å². The van der Waals surface area contributed by atoms with E-state index in [0.29, 0.717) is 11.3 Å². The van der Waals surface area contributed by atoms with Crippen LogP contribution in [-0.4, -0.2) is 20.1 Å². The fraction of sp³-hybridized carbons (Fsp3) is 0.100. The van der Waals surface area contributed by atoms with E-state index in [2.05, 4.69) is 5.32 Å². The second kappa shape index (κ2) is 7.59. The number of furan rings is 1. The number of rotatable bonds is 6. The van der Waals surface area contributed by atoms with Gasteiger partial charge in [-0.3, -0.25) is 9.59 Å². The minimum Gasteiger partial charge on any atom is -0.455 e. The molecular formula is C20H17NO5S. The summed E-state index contributed by atoms with van der Waals surface area (Å²) in [6.07, 6.45) is 0. The summed E-state index contributed by atoms with van der Waals surface area (Å²) in [4.78, 5) is 23.7. The molecule has 7 heteroatoms. The SMILES string of the molecule is CC(=O)c1ccc(NC(=O)c2ccc(CS(=O)(=O)c3ccccc3)o2)cc1. The van der Waals surface area contributed by atoms with Crippen LogP contribution < -0.4 is 5.32 Å². The molecule has 0 atom stereocenters. The standard InChI is InChI=1S/C20H17NO5S/c1-14(22)15-7-9-16(10-8-15)21-20(23)19-12-11-17(26-19)13-27(24,25)18-5-3-2-4-6-18/h2-12H,13H2,1H3,(H,21,23). The summed E-state index contributed by atoms with van der Waals surface area (Å²) in [6, 6.07) is 17.4. The maximum Gasteiger partial charge on any atom is 0.291 e. The van der Waals surface area contributed by atoms with Crippen LogP contribution in [0.3, 0.4) is 0 Å². The maximum absolute atomic E-state index is 12.4. The first kappa shape index (κ1) is 18.6. The molecule has 0 spiro atoms. The Balaban J connectivity index is 1.70. The molecule has 0 unspecified atom stereocenters. The molecule has 138 valence electrons. The lowest BCUT2D eigenvalue weighted by Crippen LogP contribution is -2.11. The zero-order valence-electron chi connectivity index (χ0n) is 14.5. The predicted molar refractivity (Wildman–Crippen MR) is 100 cm³/mol. The molecule has 1 aromatic heterocycles. The Morgan fingerprint density at radius 3 is 2.22 bits per heavy atom. The van der Waals surface area contributed by atoms with Gasteiger partial charge in [0.25, 0.3) is 5.91 Å². The van der Waals surface area contributed by atoms with Gasteiger partial charge in [0, 0.05) is 11.3 Å². The number of benzene rings is 2. The van der Waals surface area contributed by atoms with Crippen LogP contribution in [-0.2, 0) is 15.6 Å². The van der Waals surface area contributed by atoms with Crippen LogP contribution >= 0.6 is 0 Å². The van der Waals surface area contributed by atoms with Gasteiger partial charge in [-0.05, 0) is 55.5 Å². The van der Waals surface area contributed by atoms with Gasteiger partial charge in [0.2, 0.25) is 0 Å². The van der Waals surface area contributed by atoms with Crippen LogP contribution in [0.4, 0.5) is 5.69 Å². The number of ketones is 1. The number of hydrogen-bond acceptors (Lipinski definition) is 5. The number of nitrogens with one attached hydrogen (secondary N) is 1. The number of carbonyl (C=O) groups is 2. The summed E-state index contributed by atoms with van der Waals surface area (Å²) in [7, 11) is -3.55. The largest absolute Gasteiger partial charge is 0.455 e. The third-order valence-electron chi connectivity index (χ3n) is 3.87. The van der Waals surface area contributed by atoms with Gasteiger partial charge >= 0.3 is 0 Å². The highest BCUT2D eigenvalue weighted by Gasteiger charge is 2.19. The zero-order valence-corrected chi connectivity index (χ0v) is 15.3. The van der Waals surface area contributed by atoms with E-state index in [0.717, 1.165) is 0 Å². The van der Waals surface area contributed by atoms with Crippen molar-refractivity contribution in [2.45, 2.75) is 17.6 Å².